The molecule has 2 aromatic carbocycles. The van der Waals surface area contributed by atoms with Crippen molar-refractivity contribution in [1.82, 2.24) is 9.80 Å². The van der Waals surface area contributed by atoms with Crippen LogP contribution in [-0.2, 0) is 4.79 Å². The van der Waals surface area contributed by atoms with E-state index >= 15 is 0 Å². The van der Waals surface area contributed by atoms with E-state index in [1.54, 1.807) is 4.90 Å². The Bertz CT molecular complexity index is 799. The summed E-state index contributed by atoms with van der Waals surface area (Å²) >= 11 is 0. The molecule has 0 aliphatic carbocycles. The van der Waals surface area contributed by atoms with Gasteiger partial charge in [-0.05, 0) is 49.2 Å². The van der Waals surface area contributed by atoms with Gasteiger partial charge >= 0.3 is 6.03 Å². The highest BCUT2D eigenvalue weighted by Gasteiger charge is 2.22. The molecule has 27 heavy (non-hydrogen) atoms. The molecule has 6 heteroatoms. The maximum Gasteiger partial charge on any atom is 0.321 e. The number of nitrogens with zero attached hydrogens (tertiary/aromatic N) is 2. The molecule has 6 nitrogen and oxygen atoms in total. The number of urea groups is 1. The fourth-order valence-electron chi connectivity index (χ4n) is 3.06. The van der Waals surface area contributed by atoms with Crippen LogP contribution in [0.25, 0.3) is 0 Å². The van der Waals surface area contributed by atoms with Gasteiger partial charge in [-0.3, -0.25) is 9.69 Å². The molecule has 1 saturated heterocycles. The molecule has 1 fully saturated rings. The van der Waals surface area contributed by atoms with Crippen molar-refractivity contribution in [1.29, 1.82) is 0 Å². The van der Waals surface area contributed by atoms with Crippen LogP contribution in [0.1, 0.15) is 11.1 Å². The molecule has 0 spiro atoms. The van der Waals surface area contributed by atoms with Crippen LogP contribution in [-0.4, -0.2) is 54.5 Å². The first kappa shape index (κ1) is 18.9. The van der Waals surface area contributed by atoms with Crippen LogP contribution in [0, 0.1) is 13.8 Å². The normalized spacial score (nSPS) is 14.7. The molecule has 142 valence electrons. The van der Waals surface area contributed by atoms with Gasteiger partial charge in [-0.2, -0.15) is 0 Å². The molecule has 0 aromatic heterocycles. The van der Waals surface area contributed by atoms with Gasteiger partial charge in [0, 0.05) is 37.6 Å². The van der Waals surface area contributed by atoms with Gasteiger partial charge in [-0.1, -0.05) is 24.3 Å². The van der Waals surface area contributed by atoms with E-state index < -0.39 is 0 Å². The average molecular weight is 366 g/mol. The van der Waals surface area contributed by atoms with Crippen molar-refractivity contribution >= 4 is 23.3 Å². The molecule has 0 unspecified atom stereocenters. The summed E-state index contributed by atoms with van der Waals surface area (Å²) in [5.41, 5.74) is 3.97. The van der Waals surface area contributed by atoms with Gasteiger partial charge in [-0.25, -0.2) is 4.79 Å². The van der Waals surface area contributed by atoms with Gasteiger partial charge < -0.3 is 15.5 Å². The number of piperazine rings is 1. The standard InChI is InChI=1S/C21H26N4O2/c1-16-8-9-19(14-17(16)2)23-21(27)25-12-10-24(11-13-25)15-20(26)22-18-6-4-3-5-7-18/h3-9,14H,10-13,15H2,1-2H3,(H,22,26)(H,23,27). The number of hydrogen-bond donors (Lipinski definition) is 2. The maximum absolute atomic E-state index is 12.5. The Morgan fingerprint density at radius 2 is 1.56 bits per heavy atom. The number of para-hydroxylation sites is 1. The molecular formula is C21H26N4O2. The van der Waals surface area contributed by atoms with Crippen molar-refractivity contribution in [2.45, 2.75) is 13.8 Å². The van der Waals surface area contributed by atoms with Gasteiger partial charge in [0.1, 0.15) is 0 Å². The Morgan fingerprint density at radius 3 is 2.22 bits per heavy atom. The molecule has 1 aliphatic rings. The Morgan fingerprint density at radius 1 is 0.852 bits per heavy atom. The third kappa shape index (κ3) is 5.31. The number of benzene rings is 2. The van der Waals surface area contributed by atoms with Crippen LogP contribution in [0.2, 0.25) is 0 Å². The first-order valence-electron chi connectivity index (χ1n) is 9.22. The SMILES string of the molecule is Cc1ccc(NC(=O)N2CCN(CC(=O)Nc3ccccc3)CC2)cc1C. The molecule has 3 rings (SSSR count). The fourth-order valence-corrected chi connectivity index (χ4v) is 3.06. The molecular weight excluding hydrogens is 340 g/mol. The van der Waals surface area contributed by atoms with E-state index in [1.165, 1.54) is 5.56 Å². The quantitative estimate of drug-likeness (QED) is 0.874. The van der Waals surface area contributed by atoms with E-state index in [0.717, 1.165) is 16.9 Å². The molecule has 1 heterocycles. The third-order valence-electron chi connectivity index (χ3n) is 4.84. The lowest BCUT2D eigenvalue weighted by molar-refractivity contribution is -0.117. The van der Waals surface area contributed by atoms with Crippen molar-refractivity contribution in [2.75, 3.05) is 43.4 Å². The lowest BCUT2D eigenvalue weighted by atomic mass is 10.1. The zero-order chi connectivity index (χ0) is 19.2. The van der Waals surface area contributed by atoms with Gasteiger partial charge in [0.2, 0.25) is 5.91 Å². The van der Waals surface area contributed by atoms with Gasteiger partial charge in [-0.15, -0.1) is 0 Å². The minimum absolute atomic E-state index is 0.0331. The average Bonchev–Trinajstić information content (AvgIpc) is 2.66. The second kappa shape index (κ2) is 8.68. The Balaban J connectivity index is 1.44. The van der Waals surface area contributed by atoms with E-state index in [1.807, 2.05) is 62.4 Å². The molecule has 2 N–H and O–H groups in total. The Kier molecular flexibility index (Phi) is 6.08. The van der Waals surface area contributed by atoms with Gasteiger partial charge in [0.15, 0.2) is 0 Å². The zero-order valence-corrected chi connectivity index (χ0v) is 15.9. The third-order valence-corrected chi connectivity index (χ3v) is 4.84. The number of aryl methyl sites for hydroxylation is 2. The van der Waals surface area contributed by atoms with Crippen molar-refractivity contribution in [3.05, 3.63) is 59.7 Å². The molecule has 0 bridgehead atoms. The van der Waals surface area contributed by atoms with Crippen LogP contribution >= 0.6 is 0 Å². The molecule has 2 aromatic rings. The van der Waals surface area contributed by atoms with E-state index in [0.29, 0.717) is 32.7 Å². The second-order valence-corrected chi connectivity index (χ2v) is 6.91. The molecule has 3 amide bonds. The number of nitrogens with one attached hydrogen (secondary N) is 2. The monoisotopic (exact) mass is 366 g/mol. The molecule has 0 radical (unpaired) electrons. The summed E-state index contributed by atoms with van der Waals surface area (Å²) in [6, 6.07) is 15.3. The summed E-state index contributed by atoms with van der Waals surface area (Å²) in [6.07, 6.45) is 0. The van der Waals surface area contributed by atoms with Gasteiger partial charge in [0.05, 0.1) is 6.54 Å². The minimum Gasteiger partial charge on any atom is -0.325 e. The van der Waals surface area contributed by atoms with E-state index in [4.69, 9.17) is 0 Å². The van der Waals surface area contributed by atoms with Crippen LogP contribution in [0.5, 0.6) is 0 Å². The van der Waals surface area contributed by atoms with Crippen LogP contribution in [0.4, 0.5) is 16.2 Å². The molecule has 1 aliphatic heterocycles. The van der Waals surface area contributed by atoms with E-state index in [-0.39, 0.29) is 11.9 Å². The summed E-state index contributed by atoms with van der Waals surface area (Å²) in [6.45, 7) is 7.00. The summed E-state index contributed by atoms with van der Waals surface area (Å²) in [5, 5.41) is 5.85. The smallest absolute Gasteiger partial charge is 0.321 e. The van der Waals surface area contributed by atoms with Crippen molar-refractivity contribution in [2.24, 2.45) is 0 Å². The van der Waals surface area contributed by atoms with Crippen molar-refractivity contribution in [3.63, 3.8) is 0 Å². The first-order valence-corrected chi connectivity index (χ1v) is 9.22. The Labute approximate surface area is 160 Å². The van der Waals surface area contributed by atoms with Crippen molar-refractivity contribution < 1.29 is 9.59 Å². The van der Waals surface area contributed by atoms with Crippen LogP contribution < -0.4 is 10.6 Å². The molecule has 0 saturated carbocycles. The van der Waals surface area contributed by atoms with Gasteiger partial charge in [0.25, 0.3) is 0 Å². The summed E-state index contributed by atoms with van der Waals surface area (Å²) < 4.78 is 0. The lowest BCUT2D eigenvalue weighted by Crippen LogP contribution is -2.51. The minimum atomic E-state index is -0.0911. The Hall–Kier alpha value is -2.86. The summed E-state index contributed by atoms with van der Waals surface area (Å²) in [5.74, 6) is -0.0331. The van der Waals surface area contributed by atoms with Crippen LogP contribution in [0.15, 0.2) is 48.5 Å². The lowest BCUT2D eigenvalue weighted by Gasteiger charge is -2.34. The van der Waals surface area contributed by atoms with Crippen LogP contribution in [0.3, 0.4) is 0 Å². The topological polar surface area (TPSA) is 64.7 Å². The van der Waals surface area contributed by atoms with E-state index in [9.17, 15) is 9.59 Å². The highest BCUT2D eigenvalue weighted by molar-refractivity contribution is 5.92. The predicted molar refractivity (Wildman–Crippen MR) is 108 cm³/mol. The van der Waals surface area contributed by atoms with E-state index in [2.05, 4.69) is 15.5 Å². The number of carbonyl (C=O) groups is 2. The largest absolute Gasteiger partial charge is 0.325 e. The highest BCUT2D eigenvalue weighted by atomic mass is 16.2. The molecule has 0 atom stereocenters. The number of anilines is 2. The first-order chi connectivity index (χ1) is 13.0. The summed E-state index contributed by atoms with van der Waals surface area (Å²) in [7, 11) is 0. The number of amides is 3. The zero-order valence-electron chi connectivity index (χ0n) is 15.9. The highest BCUT2D eigenvalue weighted by Crippen LogP contribution is 2.15. The summed E-state index contributed by atoms with van der Waals surface area (Å²) in [4.78, 5) is 28.5. The van der Waals surface area contributed by atoms with Crippen molar-refractivity contribution in [3.8, 4) is 0 Å². The number of rotatable bonds is 4. The fraction of sp³-hybridized carbons (Fsp3) is 0.333. The number of hydrogen-bond acceptors (Lipinski definition) is 3. The predicted octanol–water partition coefficient (Wildman–Crippen LogP) is 3.09. The number of carbonyl (C=O) groups excluding carboxylic acids is 2. The second-order valence-electron chi connectivity index (χ2n) is 6.91. The maximum atomic E-state index is 12.5.